The predicted molar refractivity (Wildman–Crippen MR) is 98.1 cm³/mol. The molecule has 3 heterocycles. The van der Waals surface area contributed by atoms with E-state index in [2.05, 4.69) is 20.6 Å². The van der Waals surface area contributed by atoms with Crippen molar-refractivity contribution in [3.8, 4) is 11.1 Å². The molecule has 1 aliphatic heterocycles. The molecule has 3 N–H and O–H groups in total. The van der Waals surface area contributed by atoms with Crippen LogP contribution in [0.2, 0.25) is 0 Å². The van der Waals surface area contributed by atoms with Gasteiger partial charge >= 0.3 is 0 Å². The zero-order chi connectivity index (χ0) is 19.8. The molecule has 4 rings (SSSR count). The standard InChI is InChI=1S/C18H14F3N7/c1-27-26-25-18(28(27)16-14(20)5-4-13(19)15(16)21)12-7-11(9-24-17(12)22)10-3-2-6-23-8-10/h2-9,26H,1H3,(H2,22,24). The molecule has 7 nitrogen and oxygen atoms in total. The molecule has 0 bridgehead atoms. The zero-order valence-corrected chi connectivity index (χ0v) is 14.6. The molecule has 0 saturated carbocycles. The summed E-state index contributed by atoms with van der Waals surface area (Å²) in [6.07, 6.45) is 4.82. The molecule has 2 aromatic heterocycles. The van der Waals surface area contributed by atoms with Crippen molar-refractivity contribution in [2.45, 2.75) is 0 Å². The minimum absolute atomic E-state index is 0.0571. The van der Waals surface area contributed by atoms with E-state index >= 15 is 0 Å². The summed E-state index contributed by atoms with van der Waals surface area (Å²) in [7, 11) is 1.47. The molecule has 0 saturated heterocycles. The lowest BCUT2D eigenvalue weighted by molar-refractivity contribution is 0.272. The third kappa shape index (κ3) is 2.89. The van der Waals surface area contributed by atoms with Gasteiger partial charge in [0.2, 0.25) is 0 Å². The maximum absolute atomic E-state index is 14.4. The van der Waals surface area contributed by atoms with Gasteiger partial charge in [-0.25, -0.2) is 28.7 Å². The van der Waals surface area contributed by atoms with Crippen LogP contribution in [0, 0.1) is 17.5 Å². The van der Waals surface area contributed by atoms with E-state index in [9.17, 15) is 13.2 Å². The molecule has 0 spiro atoms. The molecule has 0 radical (unpaired) electrons. The highest BCUT2D eigenvalue weighted by atomic mass is 19.2. The van der Waals surface area contributed by atoms with Crippen LogP contribution in [-0.4, -0.2) is 28.0 Å². The molecule has 0 atom stereocenters. The quantitative estimate of drug-likeness (QED) is 0.675. The molecule has 0 aliphatic carbocycles. The number of hydrogen-bond acceptors (Lipinski definition) is 7. The van der Waals surface area contributed by atoms with Crippen molar-refractivity contribution in [2.24, 2.45) is 5.10 Å². The number of hydrazine groups is 2. The number of anilines is 2. The second kappa shape index (κ2) is 6.82. The summed E-state index contributed by atoms with van der Waals surface area (Å²) in [5.74, 6) is -3.35. The van der Waals surface area contributed by atoms with Crippen molar-refractivity contribution in [1.82, 2.24) is 20.6 Å². The molecule has 10 heteroatoms. The first kappa shape index (κ1) is 17.7. The number of halogens is 3. The Labute approximate surface area is 157 Å². The maximum atomic E-state index is 14.4. The molecule has 142 valence electrons. The lowest BCUT2D eigenvalue weighted by Crippen LogP contribution is -2.44. The zero-order valence-electron chi connectivity index (χ0n) is 14.6. The largest absolute Gasteiger partial charge is 0.383 e. The number of nitrogens with two attached hydrogens (primary N) is 1. The highest BCUT2D eigenvalue weighted by Gasteiger charge is 2.33. The van der Waals surface area contributed by atoms with Gasteiger partial charge in [0.15, 0.2) is 23.3 Å². The van der Waals surface area contributed by atoms with Crippen LogP contribution in [0.1, 0.15) is 5.56 Å². The summed E-state index contributed by atoms with van der Waals surface area (Å²) < 4.78 is 42.5. The van der Waals surface area contributed by atoms with Gasteiger partial charge in [0.1, 0.15) is 11.5 Å². The van der Waals surface area contributed by atoms with Crippen LogP contribution in [0.15, 0.2) is 54.0 Å². The van der Waals surface area contributed by atoms with Crippen molar-refractivity contribution in [2.75, 3.05) is 17.8 Å². The van der Waals surface area contributed by atoms with Gasteiger partial charge in [-0.3, -0.25) is 4.98 Å². The Bertz CT molecular complexity index is 1070. The molecule has 28 heavy (non-hydrogen) atoms. The van der Waals surface area contributed by atoms with Gasteiger partial charge in [0.05, 0.1) is 5.56 Å². The van der Waals surface area contributed by atoms with E-state index in [-0.39, 0.29) is 11.7 Å². The average molecular weight is 385 g/mol. The molecule has 1 aromatic carbocycles. The van der Waals surface area contributed by atoms with Gasteiger partial charge < -0.3 is 5.73 Å². The van der Waals surface area contributed by atoms with E-state index < -0.39 is 23.1 Å². The Morgan fingerprint density at radius 2 is 1.82 bits per heavy atom. The Morgan fingerprint density at radius 1 is 1.04 bits per heavy atom. The molecule has 1 aliphatic rings. The summed E-state index contributed by atoms with van der Waals surface area (Å²) in [5.41, 5.74) is 9.69. The minimum Gasteiger partial charge on any atom is -0.383 e. The summed E-state index contributed by atoms with van der Waals surface area (Å²) in [6, 6.07) is 6.81. The van der Waals surface area contributed by atoms with Crippen molar-refractivity contribution < 1.29 is 13.2 Å². The van der Waals surface area contributed by atoms with E-state index in [0.29, 0.717) is 17.2 Å². The van der Waals surface area contributed by atoms with Crippen LogP contribution >= 0.6 is 0 Å². The second-order valence-electron chi connectivity index (χ2n) is 5.96. The number of nitrogens with one attached hydrogen (secondary N) is 1. The average Bonchev–Trinajstić information content (AvgIpc) is 3.07. The van der Waals surface area contributed by atoms with Gasteiger partial charge in [-0.1, -0.05) is 6.07 Å². The van der Waals surface area contributed by atoms with Gasteiger partial charge in [0, 0.05) is 36.8 Å². The highest BCUT2D eigenvalue weighted by molar-refractivity contribution is 6.13. The molecule has 3 aromatic rings. The Balaban J connectivity index is 1.84. The lowest BCUT2D eigenvalue weighted by atomic mass is 10.1. The number of benzene rings is 1. The van der Waals surface area contributed by atoms with Crippen molar-refractivity contribution >= 4 is 17.3 Å². The highest BCUT2D eigenvalue weighted by Crippen LogP contribution is 2.31. The van der Waals surface area contributed by atoms with Crippen LogP contribution in [0.25, 0.3) is 11.1 Å². The monoisotopic (exact) mass is 385 g/mol. The number of rotatable bonds is 3. The molecule has 0 fully saturated rings. The normalized spacial score (nSPS) is 14.1. The van der Waals surface area contributed by atoms with Gasteiger partial charge in [-0.15, -0.1) is 10.2 Å². The first-order chi connectivity index (χ1) is 13.5. The SMILES string of the molecule is CN1NN=C(c2cc(-c3cccnc3)cnc2N)N1c1c(F)ccc(F)c1F. The summed E-state index contributed by atoms with van der Waals surface area (Å²) in [6.45, 7) is 0. The summed E-state index contributed by atoms with van der Waals surface area (Å²) in [5, 5.41) is 6.33. The topological polar surface area (TPSA) is 82.7 Å². The van der Waals surface area contributed by atoms with Crippen LogP contribution in [0.3, 0.4) is 0 Å². The fraction of sp³-hybridized carbons (Fsp3) is 0.0556. The van der Waals surface area contributed by atoms with Gasteiger partial charge in [-0.2, -0.15) is 0 Å². The van der Waals surface area contributed by atoms with Crippen molar-refractivity contribution in [3.05, 3.63) is 71.9 Å². The first-order valence-corrected chi connectivity index (χ1v) is 8.14. The molecular formula is C18H14F3N7. The van der Waals surface area contributed by atoms with Crippen molar-refractivity contribution in [1.29, 1.82) is 0 Å². The number of hydrogen-bond donors (Lipinski definition) is 2. The molecule has 0 amide bonds. The number of amidine groups is 1. The summed E-state index contributed by atoms with van der Waals surface area (Å²) in [4.78, 5) is 8.21. The Morgan fingerprint density at radius 3 is 2.57 bits per heavy atom. The van der Waals surface area contributed by atoms with Crippen LogP contribution in [-0.2, 0) is 0 Å². The lowest BCUT2D eigenvalue weighted by Gasteiger charge is -2.27. The third-order valence-corrected chi connectivity index (χ3v) is 4.19. The van der Waals surface area contributed by atoms with Crippen LogP contribution < -0.4 is 16.3 Å². The van der Waals surface area contributed by atoms with E-state index in [4.69, 9.17) is 5.73 Å². The number of aromatic nitrogens is 2. The van der Waals surface area contributed by atoms with Gasteiger partial charge in [-0.05, 0) is 24.3 Å². The number of hydrazone groups is 1. The van der Waals surface area contributed by atoms with Gasteiger partial charge in [0.25, 0.3) is 0 Å². The Kier molecular flexibility index (Phi) is 4.32. The fourth-order valence-corrected chi connectivity index (χ4v) is 2.84. The maximum Gasteiger partial charge on any atom is 0.187 e. The van der Waals surface area contributed by atoms with E-state index in [0.717, 1.165) is 16.6 Å². The van der Waals surface area contributed by atoms with E-state index in [1.807, 2.05) is 6.07 Å². The molecule has 0 unspecified atom stereocenters. The van der Waals surface area contributed by atoms with Crippen molar-refractivity contribution in [3.63, 3.8) is 0 Å². The van der Waals surface area contributed by atoms with Crippen LogP contribution in [0.4, 0.5) is 24.7 Å². The molecular weight excluding hydrogens is 371 g/mol. The number of nitrogen functional groups attached to an aromatic ring is 1. The number of nitrogens with zero attached hydrogens (tertiary/aromatic N) is 5. The first-order valence-electron chi connectivity index (χ1n) is 8.14. The third-order valence-electron chi connectivity index (χ3n) is 4.19. The van der Waals surface area contributed by atoms with Crippen LogP contribution in [0.5, 0.6) is 0 Å². The minimum atomic E-state index is -1.35. The number of pyridine rings is 2. The Hall–Kier alpha value is -3.66. The predicted octanol–water partition coefficient (Wildman–Crippen LogP) is 2.68. The summed E-state index contributed by atoms with van der Waals surface area (Å²) >= 11 is 0. The smallest absolute Gasteiger partial charge is 0.187 e. The van der Waals surface area contributed by atoms with E-state index in [1.165, 1.54) is 12.2 Å². The second-order valence-corrected chi connectivity index (χ2v) is 5.96. The van der Waals surface area contributed by atoms with E-state index in [1.54, 1.807) is 30.7 Å². The fourth-order valence-electron chi connectivity index (χ4n) is 2.84.